The van der Waals surface area contributed by atoms with Crippen LogP contribution in [0.5, 0.6) is 11.5 Å². The van der Waals surface area contributed by atoms with Crippen molar-refractivity contribution in [2.45, 2.75) is 19.3 Å². The summed E-state index contributed by atoms with van der Waals surface area (Å²) < 4.78 is 6.26. The molecule has 0 saturated heterocycles. The molecule has 0 aromatic heterocycles. The minimum absolute atomic E-state index is 0.340. The van der Waals surface area contributed by atoms with Crippen LogP contribution in [0.4, 0.5) is 11.4 Å². The fourth-order valence-corrected chi connectivity index (χ4v) is 5.72. The average Bonchev–Trinajstić information content (AvgIpc) is 2.95. The lowest BCUT2D eigenvalue weighted by molar-refractivity contribution is 0.487. The summed E-state index contributed by atoms with van der Waals surface area (Å²) in [5.74, 6) is 1.37. The zero-order chi connectivity index (χ0) is 26.6. The second-order valence-electron chi connectivity index (χ2n) is 9.86. The minimum atomic E-state index is -0.706. The Morgan fingerprint density at radius 1 is 0.658 bits per heavy atom. The first-order valence-corrected chi connectivity index (χ1v) is 12.0. The van der Waals surface area contributed by atoms with Crippen LogP contribution in [0.1, 0.15) is 47.2 Å². The molecule has 0 saturated carbocycles. The lowest BCUT2D eigenvalue weighted by Gasteiger charge is -2.46. The fraction of sp³-hybridized carbons (Fsp3) is 0.0968. The van der Waals surface area contributed by atoms with Gasteiger partial charge in [0, 0.05) is 5.41 Å². The topological polar surface area (TPSA) is 108 Å². The molecule has 6 rings (SSSR count). The third-order valence-electron chi connectivity index (χ3n) is 7.45. The molecule has 2 heterocycles. The molecular formula is C31H18BN5O. The zero-order valence-corrected chi connectivity index (χ0v) is 20.6. The Kier molecular flexibility index (Phi) is 5.00. The highest BCUT2D eigenvalue weighted by atomic mass is 16.5. The molecule has 7 heteroatoms. The van der Waals surface area contributed by atoms with E-state index in [0.717, 1.165) is 22.1 Å². The van der Waals surface area contributed by atoms with Crippen LogP contribution in [-0.4, -0.2) is 6.85 Å². The van der Waals surface area contributed by atoms with Gasteiger partial charge in [-0.3, -0.25) is 0 Å². The number of benzene rings is 4. The first kappa shape index (κ1) is 22.9. The van der Waals surface area contributed by atoms with E-state index in [9.17, 15) is 21.0 Å². The molecule has 0 bridgehead atoms. The Labute approximate surface area is 220 Å². The summed E-state index contributed by atoms with van der Waals surface area (Å²) in [4.78, 5) is 2.04. The second-order valence-corrected chi connectivity index (χ2v) is 9.86. The predicted molar refractivity (Wildman–Crippen MR) is 144 cm³/mol. The largest absolute Gasteiger partial charge is 0.458 e. The number of ether oxygens (including phenoxy) is 1. The van der Waals surface area contributed by atoms with E-state index in [1.165, 1.54) is 0 Å². The normalized spacial score (nSPS) is 13.7. The highest BCUT2D eigenvalue weighted by molar-refractivity contribution is 6.90. The number of para-hydroxylation sites is 2. The standard InChI is InChI=1S/C31H18BN5O/c1-31(2)23-13-19(15-33)11-21(17-35)29(23)37(30-22(18-36)12-20(16-34)14-24(30)31)32-25-7-3-5-9-27(25)38-28-10-6-4-8-26(28)32/h3-14H,1-2H3. The van der Waals surface area contributed by atoms with Crippen molar-refractivity contribution in [2.75, 3.05) is 4.81 Å². The van der Waals surface area contributed by atoms with Crippen LogP contribution in [-0.2, 0) is 5.41 Å². The fourth-order valence-electron chi connectivity index (χ4n) is 5.72. The van der Waals surface area contributed by atoms with Crippen molar-refractivity contribution in [1.82, 2.24) is 0 Å². The van der Waals surface area contributed by atoms with E-state index >= 15 is 0 Å². The molecular weight excluding hydrogens is 469 g/mol. The summed E-state index contributed by atoms with van der Waals surface area (Å²) in [6.07, 6.45) is 0. The lowest BCUT2D eigenvalue weighted by Crippen LogP contribution is -2.59. The molecule has 4 aromatic carbocycles. The van der Waals surface area contributed by atoms with E-state index in [1.54, 1.807) is 12.1 Å². The van der Waals surface area contributed by atoms with Crippen LogP contribution in [0.25, 0.3) is 0 Å². The van der Waals surface area contributed by atoms with Gasteiger partial charge in [0.25, 0.3) is 0 Å². The number of anilines is 2. The average molecular weight is 487 g/mol. The first-order chi connectivity index (χ1) is 18.4. The Morgan fingerprint density at radius 2 is 1.11 bits per heavy atom. The van der Waals surface area contributed by atoms with Gasteiger partial charge in [-0.25, -0.2) is 0 Å². The van der Waals surface area contributed by atoms with Crippen LogP contribution in [0, 0.1) is 45.3 Å². The molecule has 0 atom stereocenters. The summed E-state index contributed by atoms with van der Waals surface area (Å²) in [7, 11) is 0. The maximum absolute atomic E-state index is 10.3. The van der Waals surface area contributed by atoms with Gasteiger partial charge in [0.05, 0.1) is 45.8 Å². The third-order valence-corrected chi connectivity index (χ3v) is 7.45. The van der Waals surface area contributed by atoms with Crippen LogP contribution >= 0.6 is 0 Å². The minimum Gasteiger partial charge on any atom is -0.458 e. The summed E-state index contributed by atoms with van der Waals surface area (Å²) in [5.41, 5.74) is 5.32. The second kappa shape index (κ2) is 8.28. The van der Waals surface area contributed by atoms with E-state index < -0.39 is 12.3 Å². The molecule has 176 valence electrons. The molecule has 38 heavy (non-hydrogen) atoms. The molecule has 2 aliphatic rings. The molecule has 0 fully saturated rings. The highest BCUT2D eigenvalue weighted by Crippen LogP contribution is 2.52. The van der Waals surface area contributed by atoms with Gasteiger partial charge in [0.1, 0.15) is 23.6 Å². The van der Waals surface area contributed by atoms with Gasteiger partial charge in [-0.05, 0) is 58.5 Å². The van der Waals surface area contributed by atoms with Crippen LogP contribution < -0.4 is 20.5 Å². The van der Waals surface area contributed by atoms with E-state index in [2.05, 4.69) is 24.3 Å². The zero-order valence-electron chi connectivity index (χ0n) is 20.6. The van der Waals surface area contributed by atoms with Gasteiger partial charge < -0.3 is 9.55 Å². The summed E-state index contributed by atoms with van der Waals surface area (Å²) >= 11 is 0. The monoisotopic (exact) mass is 487 g/mol. The molecule has 0 spiro atoms. The summed E-state index contributed by atoms with van der Waals surface area (Å²) in [6, 6.07) is 31.3. The first-order valence-electron chi connectivity index (χ1n) is 12.0. The Hall–Kier alpha value is -5.50. The van der Waals surface area contributed by atoms with Gasteiger partial charge in [0.2, 0.25) is 0 Å². The number of nitriles is 4. The van der Waals surface area contributed by atoms with Gasteiger partial charge in [-0.2, -0.15) is 21.0 Å². The SMILES string of the molecule is CC1(C)c2cc(C#N)cc(C#N)c2N(B2c3ccccc3Oc3ccccc32)c2c(C#N)cc(C#N)cc21. The van der Waals surface area contributed by atoms with Gasteiger partial charge in [-0.1, -0.05) is 50.2 Å². The number of nitrogens with zero attached hydrogens (tertiary/aromatic N) is 5. The van der Waals surface area contributed by atoms with Gasteiger partial charge in [0.15, 0.2) is 0 Å². The Bertz CT molecular complexity index is 1720. The molecule has 0 radical (unpaired) electrons. The van der Waals surface area contributed by atoms with Crippen LogP contribution in [0.3, 0.4) is 0 Å². The highest BCUT2D eigenvalue weighted by Gasteiger charge is 2.46. The summed E-state index contributed by atoms with van der Waals surface area (Å²) in [6.45, 7) is 3.56. The Balaban J connectivity index is 1.81. The molecule has 2 aliphatic heterocycles. The van der Waals surface area contributed by atoms with Crippen molar-refractivity contribution >= 4 is 29.1 Å². The molecule has 0 aliphatic carbocycles. The quantitative estimate of drug-likeness (QED) is 0.355. The van der Waals surface area contributed by atoms with E-state index in [1.807, 2.05) is 79.3 Å². The maximum atomic E-state index is 10.3. The number of fused-ring (bicyclic) bond motifs is 4. The molecule has 0 N–H and O–H groups in total. The third kappa shape index (κ3) is 3.10. The molecule has 0 amide bonds. The molecule has 0 unspecified atom stereocenters. The molecule has 6 nitrogen and oxygen atoms in total. The smallest absolute Gasteiger partial charge is 0.335 e. The van der Waals surface area contributed by atoms with Gasteiger partial charge >= 0.3 is 6.85 Å². The Morgan fingerprint density at radius 3 is 1.53 bits per heavy atom. The molecule has 4 aromatic rings. The number of hydrogen-bond donors (Lipinski definition) is 0. The van der Waals surface area contributed by atoms with Crippen molar-refractivity contribution in [3.8, 4) is 35.8 Å². The number of rotatable bonds is 1. The summed E-state index contributed by atoms with van der Waals surface area (Å²) in [5, 5.41) is 40.2. The van der Waals surface area contributed by atoms with E-state index in [0.29, 0.717) is 45.1 Å². The predicted octanol–water partition coefficient (Wildman–Crippen LogP) is 4.86. The lowest BCUT2D eigenvalue weighted by atomic mass is 9.46. The van der Waals surface area contributed by atoms with Crippen molar-refractivity contribution in [3.05, 3.63) is 106 Å². The van der Waals surface area contributed by atoms with Crippen molar-refractivity contribution in [1.29, 1.82) is 21.0 Å². The van der Waals surface area contributed by atoms with Crippen molar-refractivity contribution in [3.63, 3.8) is 0 Å². The number of hydrogen-bond acceptors (Lipinski definition) is 6. The van der Waals surface area contributed by atoms with Crippen molar-refractivity contribution < 1.29 is 4.74 Å². The van der Waals surface area contributed by atoms with Crippen LogP contribution in [0.2, 0.25) is 0 Å². The van der Waals surface area contributed by atoms with E-state index in [-0.39, 0.29) is 0 Å². The van der Waals surface area contributed by atoms with Crippen LogP contribution in [0.15, 0.2) is 72.8 Å². The maximum Gasteiger partial charge on any atom is 0.335 e. The van der Waals surface area contributed by atoms with Gasteiger partial charge in [-0.15, -0.1) is 0 Å². The van der Waals surface area contributed by atoms with E-state index in [4.69, 9.17) is 4.74 Å². The van der Waals surface area contributed by atoms with Crippen molar-refractivity contribution in [2.24, 2.45) is 0 Å².